The monoisotopic (exact) mass is 415 g/mol. The minimum absolute atomic E-state index is 0.854. The van der Waals surface area contributed by atoms with Gasteiger partial charge in [-0.1, -0.05) is 104 Å². The van der Waals surface area contributed by atoms with Gasteiger partial charge in [-0.15, -0.1) is 10.2 Å². The number of hydrogen-bond donors (Lipinski definition) is 0. The molecule has 156 valence electrons. The lowest BCUT2D eigenvalue weighted by Crippen LogP contribution is -2.05. The zero-order valence-corrected chi connectivity index (χ0v) is 18.1. The van der Waals surface area contributed by atoms with Crippen LogP contribution >= 0.6 is 0 Å². The quantitative estimate of drug-likeness (QED) is 0.293. The highest BCUT2D eigenvalue weighted by Crippen LogP contribution is 2.37. The summed E-state index contributed by atoms with van der Waals surface area (Å²) < 4.78 is 2.15. The number of nitrogens with zero attached hydrogens (tertiary/aromatic N) is 3. The summed E-state index contributed by atoms with van der Waals surface area (Å²) in [6, 6.07) is 36.1. The summed E-state index contributed by atoms with van der Waals surface area (Å²) in [6.07, 6.45) is 3.87. The first-order valence-corrected chi connectivity index (χ1v) is 11.1. The summed E-state index contributed by atoms with van der Waals surface area (Å²) in [5.41, 5.74) is 8.33. The van der Waals surface area contributed by atoms with Crippen molar-refractivity contribution >= 4 is 0 Å². The molecule has 0 aliphatic rings. The Balaban J connectivity index is 1.80. The van der Waals surface area contributed by atoms with Crippen LogP contribution in [0, 0.1) is 0 Å². The van der Waals surface area contributed by atoms with Crippen LogP contribution in [0.3, 0.4) is 0 Å². The van der Waals surface area contributed by atoms with Gasteiger partial charge in [0.15, 0.2) is 5.82 Å². The molecule has 3 nitrogen and oxygen atoms in total. The Hall–Kier alpha value is -3.98. The number of benzene rings is 4. The van der Waals surface area contributed by atoms with Crippen LogP contribution in [0.15, 0.2) is 109 Å². The number of aryl methyl sites for hydroxylation is 1. The Morgan fingerprint density at radius 2 is 1.25 bits per heavy atom. The smallest absolute Gasteiger partial charge is 0.168 e. The van der Waals surface area contributed by atoms with Crippen LogP contribution in [0.1, 0.15) is 18.9 Å². The van der Waals surface area contributed by atoms with Gasteiger partial charge in [-0.3, -0.25) is 4.57 Å². The van der Waals surface area contributed by atoms with Crippen LogP contribution < -0.4 is 0 Å². The zero-order valence-electron chi connectivity index (χ0n) is 18.1. The fourth-order valence-electron chi connectivity index (χ4n) is 4.26. The molecule has 1 aromatic heterocycles. The van der Waals surface area contributed by atoms with Gasteiger partial charge in [-0.2, -0.15) is 0 Å². The van der Waals surface area contributed by atoms with Crippen molar-refractivity contribution in [1.29, 1.82) is 0 Å². The highest BCUT2D eigenvalue weighted by molar-refractivity contribution is 5.82. The average Bonchev–Trinajstić information content (AvgIpc) is 3.35. The summed E-state index contributed by atoms with van der Waals surface area (Å²) in [5, 5.41) is 8.80. The molecule has 0 unspecified atom stereocenters. The van der Waals surface area contributed by atoms with E-state index in [0.717, 1.165) is 29.9 Å². The summed E-state index contributed by atoms with van der Waals surface area (Å²) in [4.78, 5) is 0. The third kappa shape index (κ3) is 3.85. The Morgan fingerprint density at radius 1 is 0.656 bits per heavy atom. The van der Waals surface area contributed by atoms with Crippen LogP contribution in [-0.2, 0) is 6.42 Å². The molecule has 0 spiro atoms. The van der Waals surface area contributed by atoms with Gasteiger partial charge in [0.05, 0.1) is 5.69 Å². The van der Waals surface area contributed by atoms with Gasteiger partial charge in [0.2, 0.25) is 0 Å². The van der Waals surface area contributed by atoms with Gasteiger partial charge in [0.1, 0.15) is 6.33 Å². The average molecular weight is 416 g/mol. The molecule has 0 aliphatic heterocycles. The summed E-state index contributed by atoms with van der Waals surface area (Å²) in [5.74, 6) is 0.854. The molecule has 0 N–H and O–H groups in total. The number of aromatic nitrogens is 3. The third-order valence-corrected chi connectivity index (χ3v) is 5.72. The van der Waals surface area contributed by atoms with E-state index >= 15 is 0 Å². The minimum atomic E-state index is 0.854. The van der Waals surface area contributed by atoms with Crippen LogP contribution in [0.2, 0.25) is 0 Å². The molecule has 32 heavy (non-hydrogen) atoms. The molecule has 0 saturated carbocycles. The molecule has 0 amide bonds. The lowest BCUT2D eigenvalue weighted by atomic mass is 9.92. The summed E-state index contributed by atoms with van der Waals surface area (Å²) in [6.45, 7) is 2.23. The van der Waals surface area contributed by atoms with E-state index in [1.165, 1.54) is 27.8 Å². The molecule has 3 heteroatoms. The van der Waals surface area contributed by atoms with Gasteiger partial charge in [-0.25, -0.2) is 0 Å². The van der Waals surface area contributed by atoms with Gasteiger partial charge in [0.25, 0.3) is 0 Å². The summed E-state index contributed by atoms with van der Waals surface area (Å²) in [7, 11) is 0. The van der Waals surface area contributed by atoms with E-state index in [4.69, 9.17) is 0 Å². The first-order valence-electron chi connectivity index (χ1n) is 11.1. The molecule has 5 aromatic rings. The van der Waals surface area contributed by atoms with Crippen molar-refractivity contribution < 1.29 is 0 Å². The van der Waals surface area contributed by atoms with E-state index in [1.54, 1.807) is 0 Å². The second-order valence-electron chi connectivity index (χ2n) is 7.90. The van der Waals surface area contributed by atoms with Crippen molar-refractivity contribution in [3.63, 3.8) is 0 Å². The highest BCUT2D eigenvalue weighted by atomic mass is 15.3. The predicted molar refractivity (Wildman–Crippen MR) is 132 cm³/mol. The molecule has 4 aromatic carbocycles. The van der Waals surface area contributed by atoms with E-state index in [1.807, 2.05) is 24.5 Å². The molecule has 0 radical (unpaired) electrons. The van der Waals surface area contributed by atoms with E-state index in [9.17, 15) is 0 Å². The topological polar surface area (TPSA) is 30.7 Å². The molecule has 0 fully saturated rings. The van der Waals surface area contributed by atoms with Crippen molar-refractivity contribution in [3.05, 3.63) is 115 Å². The Labute approximate surface area is 189 Å². The molecule has 1 heterocycles. The molecule has 0 atom stereocenters. The highest BCUT2D eigenvalue weighted by Gasteiger charge is 2.18. The van der Waals surface area contributed by atoms with Gasteiger partial charge < -0.3 is 0 Å². The van der Waals surface area contributed by atoms with Gasteiger partial charge >= 0.3 is 0 Å². The molecule has 0 aliphatic carbocycles. The Morgan fingerprint density at radius 3 is 1.88 bits per heavy atom. The van der Waals surface area contributed by atoms with Gasteiger partial charge in [0, 0.05) is 11.1 Å². The normalized spacial score (nSPS) is 10.9. The van der Waals surface area contributed by atoms with Crippen molar-refractivity contribution in [2.45, 2.75) is 19.8 Å². The summed E-state index contributed by atoms with van der Waals surface area (Å²) >= 11 is 0. The molecule has 0 bridgehead atoms. The maximum Gasteiger partial charge on any atom is 0.168 e. The lowest BCUT2D eigenvalue weighted by Gasteiger charge is -2.20. The maximum absolute atomic E-state index is 4.49. The van der Waals surface area contributed by atoms with E-state index in [2.05, 4.69) is 107 Å². The van der Waals surface area contributed by atoms with Gasteiger partial charge in [-0.05, 0) is 40.8 Å². The molecule has 5 rings (SSSR count). The fourth-order valence-corrected chi connectivity index (χ4v) is 4.26. The molecule has 0 saturated heterocycles. The standard InChI is InChI=1S/C29H25N3/c1-2-12-25-19-26(22-13-6-3-7-14-22)20-27(23-15-8-4-9-16-23)28(25)32-21-30-31-29(32)24-17-10-5-11-18-24/h3-11,13-21H,2,12H2,1H3. The lowest BCUT2D eigenvalue weighted by molar-refractivity contribution is 0.900. The SMILES string of the molecule is CCCc1cc(-c2ccccc2)cc(-c2ccccc2)c1-n1cnnc1-c1ccccc1. The second-order valence-corrected chi connectivity index (χ2v) is 7.90. The van der Waals surface area contributed by atoms with Crippen LogP contribution in [0.4, 0.5) is 0 Å². The third-order valence-electron chi connectivity index (χ3n) is 5.72. The van der Waals surface area contributed by atoms with Crippen molar-refractivity contribution in [2.24, 2.45) is 0 Å². The number of rotatable bonds is 6. The first kappa shape index (κ1) is 20.0. The van der Waals surface area contributed by atoms with E-state index in [-0.39, 0.29) is 0 Å². The maximum atomic E-state index is 4.49. The van der Waals surface area contributed by atoms with Crippen molar-refractivity contribution in [1.82, 2.24) is 14.8 Å². The molecular formula is C29H25N3. The first-order chi connectivity index (χ1) is 15.8. The second kappa shape index (κ2) is 9.03. The Bertz CT molecular complexity index is 1310. The largest absolute Gasteiger partial charge is 0.281 e. The van der Waals surface area contributed by atoms with Crippen LogP contribution in [0.25, 0.3) is 39.3 Å². The van der Waals surface area contributed by atoms with Crippen LogP contribution in [0.5, 0.6) is 0 Å². The van der Waals surface area contributed by atoms with E-state index < -0.39 is 0 Å². The zero-order chi connectivity index (χ0) is 21.8. The fraction of sp³-hybridized carbons (Fsp3) is 0.103. The van der Waals surface area contributed by atoms with Crippen molar-refractivity contribution in [3.8, 4) is 39.3 Å². The predicted octanol–water partition coefficient (Wildman–Crippen LogP) is 7.22. The number of hydrogen-bond acceptors (Lipinski definition) is 2. The Kier molecular flexibility index (Phi) is 5.63. The minimum Gasteiger partial charge on any atom is -0.281 e. The van der Waals surface area contributed by atoms with Crippen LogP contribution in [-0.4, -0.2) is 14.8 Å². The van der Waals surface area contributed by atoms with E-state index in [0.29, 0.717) is 0 Å². The van der Waals surface area contributed by atoms with Crippen molar-refractivity contribution in [2.75, 3.05) is 0 Å². The molecular weight excluding hydrogens is 390 g/mol.